The molecule has 1 aliphatic heterocycles. The van der Waals surface area contributed by atoms with Crippen LogP contribution in [0.5, 0.6) is 5.75 Å². The van der Waals surface area contributed by atoms with Crippen molar-refractivity contribution in [3.63, 3.8) is 0 Å². The Labute approximate surface area is 89.6 Å². The van der Waals surface area contributed by atoms with Gasteiger partial charge in [0, 0.05) is 32.3 Å². The second kappa shape index (κ2) is 3.95. The minimum absolute atomic E-state index is 0.578. The fourth-order valence-electron chi connectivity index (χ4n) is 1.52. The molecule has 0 saturated heterocycles. The molecule has 0 saturated carbocycles. The Morgan fingerprint density at radius 1 is 1.33 bits per heavy atom. The maximum absolute atomic E-state index is 10.1. The van der Waals surface area contributed by atoms with Gasteiger partial charge in [0.2, 0.25) is 5.79 Å². The average molecular weight is 205 g/mol. The zero-order valence-corrected chi connectivity index (χ0v) is 8.76. The van der Waals surface area contributed by atoms with E-state index in [1.807, 2.05) is 48.5 Å². The molecule has 15 heavy (non-hydrogen) atoms. The monoisotopic (exact) mass is 205 g/mol. The summed E-state index contributed by atoms with van der Waals surface area (Å²) in [6.07, 6.45) is 4.10. The van der Waals surface area contributed by atoms with E-state index in [0.29, 0.717) is 12.2 Å². The van der Waals surface area contributed by atoms with Crippen molar-refractivity contribution in [2.24, 2.45) is 0 Å². The van der Waals surface area contributed by atoms with E-state index >= 15 is 0 Å². The molecule has 2 rings (SSSR count). The van der Waals surface area contributed by atoms with Crippen molar-refractivity contribution >= 4 is 0 Å². The second-order valence-corrected chi connectivity index (χ2v) is 3.81. The Hall–Kier alpha value is -1.48. The van der Waals surface area contributed by atoms with Crippen molar-refractivity contribution in [2.75, 3.05) is 13.6 Å². The van der Waals surface area contributed by atoms with Gasteiger partial charge in [-0.15, -0.1) is 0 Å². The van der Waals surface area contributed by atoms with Crippen LogP contribution in [0.25, 0.3) is 0 Å². The average Bonchev–Trinajstić information content (AvgIpc) is 2.24. The van der Waals surface area contributed by atoms with Crippen LogP contribution in [0.4, 0.5) is 0 Å². The minimum Gasteiger partial charge on any atom is -0.459 e. The highest BCUT2D eigenvalue weighted by Crippen LogP contribution is 2.23. The van der Waals surface area contributed by atoms with Gasteiger partial charge in [0.25, 0.3) is 0 Å². The van der Waals surface area contributed by atoms with Gasteiger partial charge in [-0.25, -0.2) is 0 Å². The van der Waals surface area contributed by atoms with Gasteiger partial charge in [-0.3, -0.25) is 0 Å². The molecule has 3 nitrogen and oxygen atoms in total. The van der Waals surface area contributed by atoms with E-state index in [1.54, 1.807) is 6.08 Å². The third-order valence-corrected chi connectivity index (χ3v) is 2.45. The van der Waals surface area contributed by atoms with Crippen molar-refractivity contribution in [3.05, 3.63) is 42.6 Å². The summed E-state index contributed by atoms with van der Waals surface area (Å²) in [7, 11) is 1.97. The third-order valence-electron chi connectivity index (χ3n) is 2.45. The smallest absolute Gasteiger partial charge is 0.231 e. The van der Waals surface area contributed by atoms with Crippen molar-refractivity contribution in [2.45, 2.75) is 12.2 Å². The van der Waals surface area contributed by atoms with Crippen molar-refractivity contribution < 1.29 is 9.84 Å². The van der Waals surface area contributed by atoms with Crippen LogP contribution in [-0.2, 0) is 0 Å². The summed E-state index contributed by atoms with van der Waals surface area (Å²) >= 11 is 0. The normalized spacial score (nSPS) is 25.3. The lowest BCUT2D eigenvalue weighted by atomic mass is 10.1. The molecule has 0 aliphatic carbocycles. The van der Waals surface area contributed by atoms with Crippen LogP contribution >= 0.6 is 0 Å². The number of aliphatic hydroxyl groups is 1. The predicted octanol–water partition coefficient (Wildman–Crippen LogP) is 1.60. The Bertz CT molecular complexity index is 350. The molecule has 0 amide bonds. The lowest BCUT2D eigenvalue weighted by Gasteiger charge is -2.32. The van der Waals surface area contributed by atoms with Gasteiger partial charge >= 0.3 is 0 Å². The topological polar surface area (TPSA) is 32.7 Å². The maximum Gasteiger partial charge on any atom is 0.231 e. The van der Waals surface area contributed by atoms with Gasteiger partial charge in [0.15, 0.2) is 0 Å². The van der Waals surface area contributed by atoms with Crippen LogP contribution < -0.4 is 4.74 Å². The zero-order chi connectivity index (χ0) is 10.7. The van der Waals surface area contributed by atoms with Crippen LogP contribution in [0.3, 0.4) is 0 Å². The highest BCUT2D eigenvalue weighted by Gasteiger charge is 2.28. The van der Waals surface area contributed by atoms with E-state index in [4.69, 9.17) is 4.74 Å². The molecule has 0 radical (unpaired) electrons. The zero-order valence-electron chi connectivity index (χ0n) is 8.76. The number of hydrogen-bond donors (Lipinski definition) is 1. The van der Waals surface area contributed by atoms with Crippen LogP contribution in [0, 0.1) is 0 Å². The van der Waals surface area contributed by atoms with E-state index < -0.39 is 5.79 Å². The largest absolute Gasteiger partial charge is 0.459 e. The predicted molar refractivity (Wildman–Crippen MR) is 58.4 cm³/mol. The Kier molecular flexibility index (Phi) is 2.64. The molecule has 1 heterocycles. The summed E-state index contributed by atoms with van der Waals surface area (Å²) in [5, 5.41) is 10.1. The molecular formula is C12H15NO2. The molecule has 1 aromatic carbocycles. The number of hydrogen-bond acceptors (Lipinski definition) is 3. The first-order valence-corrected chi connectivity index (χ1v) is 5.04. The Morgan fingerprint density at radius 2 is 2.07 bits per heavy atom. The first-order valence-electron chi connectivity index (χ1n) is 5.04. The summed E-state index contributed by atoms with van der Waals surface area (Å²) in [5.41, 5.74) is 0. The molecule has 1 unspecified atom stereocenters. The van der Waals surface area contributed by atoms with E-state index in [9.17, 15) is 5.11 Å². The first-order chi connectivity index (χ1) is 7.18. The van der Waals surface area contributed by atoms with Crippen LogP contribution in [0.15, 0.2) is 42.6 Å². The number of benzene rings is 1. The Morgan fingerprint density at radius 3 is 2.67 bits per heavy atom. The van der Waals surface area contributed by atoms with Gasteiger partial charge in [-0.2, -0.15) is 0 Å². The standard InChI is InChI=1S/C12H15NO2/c1-13-9-7-12(14,8-10-13)15-11-5-3-2-4-6-11/h2-7,9,14H,8,10H2,1H3. The molecule has 0 bridgehead atoms. The number of ether oxygens (including phenoxy) is 1. The first kappa shape index (κ1) is 10.1. The fraction of sp³-hybridized carbons (Fsp3) is 0.333. The summed E-state index contributed by atoms with van der Waals surface area (Å²) in [6, 6.07) is 9.37. The van der Waals surface area contributed by atoms with Gasteiger partial charge in [0.1, 0.15) is 5.75 Å². The van der Waals surface area contributed by atoms with Gasteiger partial charge in [-0.1, -0.05) is 18.2 Å². The van der Waals surface area contributed by atoms with Crippen molar-refractivity contribution in [1.82, 2.24) is 4.90 Å². The molecule has 80 valence electrons. The lowest BCUT2D eigenvalue weighted by Crippen LogP contribution is -2.40. The highest BCUT2D eigenvalue weighted by atomic mass is 16.6. The summed E-state index contributed by atoms with van der Waals surface area (Å²) in [5.74, 6) is -0.470. The van der Waals surface area contributed by atoms with Crippen LogP contribution in [0.2, 0.25) is 0 Å². The fourth-order valence-corrected chi connectivity index (χ4v) is 1.52. The third kappa shape index (κ3) is 2.50. The molecule has 0 spiro atoms. The van der Waals surface area contributed by atoms with E-state index in [0.717, 1.165) is 6.54 Å². The second-order valence-electron chi connectivity index (χ2n) is 3.81. The molecule has 1 N–H and O–H groups in total. The Balaban J connectivity index is 2.09. The molecule has 3 heteroatoms. The van der Waals surface area contributed by atoms with Crippen LogP contribution in [-0.4, -0.2) is 29.4 Å². The van der Waals surface area contributed by atoms with E-state index in [-0.39, 0.29) is 0 Å². The van der Waals surface area contributed by atoms with E-state index in [1.165, 1.54) is 0 Å². The molecule has 1 aliphatic rings. The molecule has 0 fully saturated rings. The number of para-hydroxylation sites is 1. The van der Waals surface area contributed by atoms with E-state index in [2.05, 4.69) is 0 Å². The van der Waals surface area contributed by atoms with Gasteiger partial charge in [0.05, 0.1) is 0 Å². The summed E-state index contributed by atoms with van der Waals surface area (Å²) < 4.78 is 5.53. The summed E-state index contributed by atoms with van der Waals surface area (Å²) in [6.45, 7) is 0.792. The maximum atomic E-state index is 10.1. The number of nitrogens with zero attached hydrogens (tertiary/aromatic N) is 1. The molecule has 1 atom stereocenters. The van der Waals surface area contributed by atoms with Gasteiger partial charge in [-0.05, 0) is 12.1 Å². The van der Waals surface area contributed by atoms with Crippen molar-refractivity contribution in [1.29, 1.82) is 0 Å². The SMILES string of the molecule is CN1C=CC(O)(Oc2ccccc2)CC1. The quantitative estimate of drug-likeness (QED) is 0.744. The number of rotatable bonds is 2. The molecule has 0 aromatic heterocycles. The highest BCUT2D eigenvalue weighted by molar-refractivity contribution is 5.22. The van der Waals surface area contributed by atoms with Crippen molar-refractivity contribution in [3.8, 4) is 5.75 Å². The minimum atomic E-state index is -1.16. The van der Waals surface area contributed by atoms with Gasteiger partial charge < -0.3 is 14.7 Å². The van der Waals surface area contributed by atoms with Crippen LogP contribution in [0.1, 0.15) is 6.42 Å². The molecule has 1 aromatic rings. The molecular weight excluding hydrogens is 190 g/mol. The summed E-state index contributed by atoms with van der Waals surface area (Å²) in [4.78, 5) is 2.02. The lowest BCUT2D eigenvalue weighted by molar-refractivity contribution is -0.108.